The van der Waals surface area contributed by atoms with Gasteiger partial charge in [-0.3, -0.25) is 4.31 Å². The van der Waals surface area contributed by atoms with Crippen LogP contribution in [0.1, 0.15) is 26.2 Å². The van der Waals surface area contributed by atoms with E-state index in [0.29, 0.717) is 24.1 Å². The Morgan fingerprint density at radius 3 is 2.72 bits per heavy atom. The fourth-order valence-corrected chi connectivity index (χ4v) is 6.66. The van der Waals surface area contributed by atoms with E-state index in [1.165, 1.54) is 23.7 Å². The molecule has 1 saturated heterocycles. The van der Waals surface area contributed by atoms with Gasteiger partial charge in [-0.1, -0.05) is 18.2 Å². The lowest BCUT2D eigenvalue weighted by Crippen LogP contribution is -2.35. The molecule has 0 aliphatic carbocycles. The van der Waals surface area contributed by atoms with Crippen LogP contribution < -0.4 is 9.04 Å². The summed E-state index contributed by atoms with van der Waals surface area (Å²) in [5.41, 5.74) is 0.718. The Kier molecular flexibility index (Phi) is 6.37. The zero-order valence-corrected chi connectivity index (χ0v) is 18.4. The summed E-state index contributed by atoms with van der Waals surface area (Å²) >= 11 is 1.69. The Bertz CT molecular complexity index is 934. The number of ether oxygens (including phenoxy) is 1. The van der Waals surface area contributed by atoms with Gasteiger partial charge in [0.15, 0.2) is 0 Å². The fraction of sp³-hybridized carbons (Fsp3) is 0.455. The van der Waals surface area contributed by atoms with E-state index in [1.54, 1.807) is 36.0 Å². The second-order valence-electron chi connectivity index (χ2n) is 7.60. The van der Waals surface area contributed by atoms with Crippen LogP contribution in [-0.2, 0) is 10.0 Å². The first-order valence-corrected chi connectivity index (χ1v) is 12.7. The number of anilines is 1. The fourth-order valence-electron chi connectivity index (χ4n) is 4.01. The number of benzene rings is 2. The molecule has 4 rings (SSSR count). The van der Waals surface area contributed by atoms with Crippen molar-refractivity contribution in [2.75, 3.05) is 36.3 Å². The first kappa shape index (κ1) is 20.6. The minimum atomic E-state index is -3.58. The van der Waals surface area contributed by atoms with Crippen molar-refractivity contribution in [3.05, 3.63) is 48.5 Å². The summed E-state index contributed by atoms with van der Waals surface area (Å²) in [6, 6.07) is 15.1. The second-order valence-corrected chi connectivity index (χ2v) is 10.6. The van der Waals surface area contributed by atoms with Gasteiger partial charge in [0.25, 0.3) is 10.0 Å². The molecular weight excluding hydrogens is 404 g/mol. The molecule has 1 fully saturated rings. The van der Waals surface area contributed by atoms with E-state index in [9.17, 15) is 8.42 Å². The average Bonchev–Trinajstić information content (AvgIpc) is 3.16. The minimum absolute atomic E-state index is 0.323. The standard InChI is InChI=1S/C22H28N2O3S2/c1-18-7-5-12-23(18)13-6-15-27-19-10-11-22-21(17-19)24(14-16-28-22)29(25,26)20-8-3-2-4-9-20/h2-4,8-11,17-18H,5-7,12-16H2,1H3/t18-/m1/s1. The van der Waals surface area contributed by atoms with Crippen LogP contribution >= 0.6 is 11.8 Å². The average molecular weight is 433 g/mol. The van der Waals surface area contributed by atoms with E-state index in [4.69, 9.17) is 4.74 Å². The Morgan fingerprint density at radius 2 is 1.97 bits per heavy atom. The van der Waals surface area contributed by atoms with Crippen molar-refractivity contribution in [2.24, 2.45) is 0 Å². The zero-order valence-electron chi connectivity index (χ0n) is 16.8. The number of fused-ring (bicyclic) bond motifs is 1. The van der Waals surface area contributed by atoms with Crippen LogP contribution in [0.15, 0.2) is 58.3 Å². The van der Waals surface area contributed by atoms with Gasteiger partial charge in [0.05, 0.1) is 17.2 Å². The maximum Gasteiger partial charge on any atom is 0.264 e. The van der Waals surface area contributed by atoms with Gasteiger partial charge < -0.3 is 9.64 Å². The Hall–Kier alpha value is -1.70. The highest BCUT2D eigenvalue weighted by Crippen LogP contribution is 2.40. The Labute approximate surface area is 178 Å². The van der Waals surface area contributed by atoms with Crippen molar-refractivity contribution >= 4 is 27.5 Å². The Morgan fingerprint density at radius 1 is 1.14 bits per heavy atom. The summed E-state index contributed by atoms with van der Waals surface area (Å²) in [6.45, 7) is 5.63. The molecule has 5 nitrogen and oxygen atoms in total. The molecule has 0 spiro atoms. The largest absolute Gasteiger partial charge is 0.493 e. The lowest BCUT2D eigenvalue weighted by molar-refractivity contribution is 0.230. The van der Waals surface area contributed by atoms with Crippen molar-refractivity contribution in [3.63, 3.8) is 0 Å². The first-order chi connectivity index (χ1) is 14.1. The maximum atomic E-state index is 13.2. The summed E-state index contributed by atoms with van der Waals surface area (Å²) in [4.78, 5) is 3.82. The molecule has 0 aromatic heterocycles. The van der Waals surface area contributed by atoms with Gasteiger partial charge in [-0.25, -0.2) is 8.42 Å². The third-order valence-electron chi connectivity index (χ3n) is 5.63. The molecule has 1 atom stereocenters. The first-order valence-electron chi connectivity index (χ1n) is 10.3. The highest BCUT2D eigenvalue weighted by molar-refractivity contribution is 8.00. The van der Waals surface area contributed by atoms with Crippen molar-refractivity contribution in [3.8, 4) is 5.75 Å². The molecule has 0 bridgehead atoms. The molecule has 0 saturated carbocycles. The number of sulfonamides is 1. The maximum absolute atomic E-state index is 13.2. The molecule has 2 heterocycles. The van der Waals surface area contributed by atoms with Crippen molar-refractivity contribution in [2.45, 2.75) is 42.0 Å². The predicted molar refractivity (Wildman–Crippen MR) is 119 cm³/mol. The molecular formula is C22H28N2O3S2. The van der Waals surface area contributed by atoms with Gasteiger partial charge in [-0.05, 0) is 57.0 Å². The van der Waals surface area contributed by atoms with Crippen LogP contribution in [-0.4, -0.2) is 51.4 Å². The Balaban J connectivity index is 1.46. The molecule has 156 valence electrons. The van der Waals surface area contributed by atoms with Crippen LogP contribution in [0.5, 0.6) is 5.75 Å². The number of thioether (sulfide) groups is 1. The topological polar surface area (TPSA) is 49.9 Å². The number of hydrogen-bond donors (Lipinski definition) is 0. The third kappa shape index (κ3) is 4.57. The highest BCUT2D eigenvalue weighted by Gasteiger charge is 2.29. The van der Waals surface area contributed by atoms with Crippen LogP contribution in [0.3, 0.4) is 0 Å². The quantitative estimate of drug-likeness (QED) is 0.613. The monoisotopic (exact) mass is 432 g/mol. The zero-order chi connectivity index (χ0) is 20.3. The number of likely N-dealkylation sites (tertiary alicyclic amines) is 1. The van der Waals surface area contributed by atoms with Gasteiger partial charge in [-0.2, -0.15) is 0 Å². The molecule has 0 unspecified atom stereocenters. The molecule has 2 aliphatic rings. The van der Waals surface area contributed by atoms with Gasteiger partial charge in [-0.15, -0.1) is 11.8 Å². The van der Waals surface area contributed by atoms with Gasteiger partial charge in [0.1, 0.15) is 5.75 Å². The molecule has 0 N–H and O–H groups in total. The minimum Gasteiger partial charge on any atom is -0.493 e. The molecule has 7 heteroatoms. The van der Waals surface area contributed by atoms with Gasteiger partial charge >= 0.3 is 0 Å². The summed E-state index contributed by atoms with van der Waals surface area (Å²) in [7, 11) is -3.58. The summed E-state index contributed by atoms with van der Waals surface area (Å²) in [5, 5.41) is 0. The number of nitrogens with zero attached hydrogens (tertiary/aromatic N) is 2. The lowest BCUT2D eigenvalue weighted by Gasteiger charge is -2.30. The van der Waals surface area contributed by atoms with Crippen molar-refractivity contribution < 1.29 is 13.2 Å². The number of rotatable bonds is 7. The third-order valence-corrected chi connectivity index (χ3v) is 8.50. The van der Waals surface area contributed by atoms with E-state index in [0.717, 1.165) is 35.1 Å². The molecule has 0 radical (unpaired) electrons. The van der Waals surface area contributed by atoms with E-state index in [-0.39, 0.29) is 0 Å². The summed E-state index contributed by atoms with van der Waals surface area (Å²) in [5.74, 6) is 1.47. The van der Waals surface area contributed by atoms with Crippen LogP contribution in [0.25, 0.3) is 0 Å². The summed E-state index contributed by atoms with van der Waals surface area (Å²) < 4.78 is 33.8. The van der Waals surface area contributed by atoms with Crippen molar-refractivity contribution in [1.82, 2.24) is 4.90 Å². The second kappa shape index (κ2) is 8.98. The number of hydrogen-bond acceptors (Lipinski definition) is 5. The van der Waals surface area contributed by atoms with E-state index in [2.05, 4.69) is 11.8 Å². The SMILES string of the molecule is C[C@@H]1CCCN1CCCOc1ccc2c(c1)N(S(=O)(=O)c1ccccc1)CCS2. The molecule has 0 amide bonds. The molecule has 29 heavy (non-hydrogen) atoms. The molecule has 2 aromatic carbocycles. The normalized spacial score (nSPS) is 19.9. The van der Waals surface area contributed by atoms with E-state index >= 15 is 0 Å². The molecule has 2 aromatic rings. The van der Waals surface area contributed by atoms with E-state index < -0.39 is 10.0 Å². The molecule has 2 aliphatic heterocycles. The van der Waals surface area contributed by atoms with Crippen molar-refractivity contribution in [1.29, 1.82) is 0 Å². The predicted octanol–water partition coefficient (Wildman–Crippen LogP) is 4.24. The summed E-state index contributed by atoms with van der Waals surface area (Å²) in [6.07, 6.45) is 3.55. The van der Waals surface area contributed by atoms with E-state index in [1.807, 2.05) is 24.3 Å². The van der Waals surface area contributed by atoms with Crippen LogP contribution in [0.4, 0.5) is 5.69 Å². The lowest BCUT2D eigenvalue weighted by atomic mass is 10.2. The van der Waals surface area contributed by atoms with Crippen LogP contribution in [0, 0.1) is 0 Å². The van der Waals surface area contributed by atoms with Gasteiger partial charge in [0, 0.05) is 35.8 Å². The smallest absolute Gasteiger partial charge is 0.264 e. The van der Waals surface area contributed by atoms with Gasteiger partial charge in [0.2, 0.25) is 0 Å². The highest BCUT2D eigenvalue weighted by atomic mass is 32.2. The van der Waals surface area contributed by atoms with Crippen LogP contribution in [0.2, 0.25) is 0 Å².